The number of nitrogens with zero attached hydrogens (tertiary/aromatic N) is 1. The molecule has 2 aliphatic rings. The van der Waals surface area contributed by atoms with Crippen LogP contribution in [0.3, 0.4) is 0 Å². The quantitative estimate of drug-likeness (QED) is 0.497. The molecule has 0 atom stereocenters. The van der Waals surface area contributed by atoms with Crippen molar-refractivity contribution in [1.82, 2.24) is 15.5 Å². The maximum Gasteiger partial charge on any atom is 0.492 e. The third-order valence-electron chi connectivity index (χ3n) is 7.20. The van der Waals surface area contributed by atoms with Gasteiger partial charge in [-0.2, -0.15) is 5.10 Å². The van der Waals surface area contributed by atoms with Crippen molar-refractivity contribution < 1.29 is 18.8 Å². The number of aromatic nitrogens is 2. The lowest BCUT2D eigenvalue weighted by Gasteiger charge is -2.32. The second kappa shape index (κ2) is 9.02. The van der Waals surface area contributed by atoms with Crippen LogP contribution in [-0.4, -0.2) is 47.8 Å². The van der Waals surface area contributed by atoms with E-state index < -0.39 is 24.4 Å². The predicted octanol–water partition coefficient (Wildman–Crippen LogP) is 4.96. The van der Waals surface area contributed by atoms with Gasteiger partial charge in [0.1, 0.15) is 6.61 Å². The number of aromatic amines is 1. The first-order valence-electron chi connectivity index (χ1n) is 11.9. The number of H-pyrrole nitrogens is 1. The molecule has 8 heteroatoms. The molecule has 5 rings (SSSR count). The van der Waals surface area contributed by atoms with E-state index in [-0.39, 0.29) is 19.1 Å². The topological polar surface area (TPSA) is 85.5 Å². The van der Waals surface area contributed by atoms with Crippen LogP contribution in [0.4, 0.5) is 4.79 Å². The molecule has 0 saturated carbocycles. The second-order valence-corrected chi connectivity index (χ2v) is 10.00. The molecule has 2 N–H and O–H groups in total. The van der Waals surface area contributed by atoms with Crippen LogP contribution in [0.1, 0.15) is 50.4 Å². The molecule has 1 amide bonds. The number of hydrogen-bond donors (Lipinski definition) is 2. The molecule has 2 heterocycles. The van der Waals surface area contributed by atoms with Gasteiger partial charge in [0, 0.05) is 18.7 Å². The highest BCUT2D eigenvalue weighted by Gasteiger charge is 2.52. The van der Waals surface area contributed by atoms with Crippen molar-refractivity contribution in [2.75, 3.05) is 13.2 Å². The summed E-state index contributed by atoms with van der Waals surface area (Å²) in [6, 6.07) is 18.4. The minimum atomic E-state index is -0.600. The molecule has 35 heavy (non-hydrogen) atoms. The Kier molecular flexibility index (Phi) is 6.03. The fourth-order valence-corrected chi connectivity index (χ4v) is 4.57. The van der Waals surface area contributed by atoms with Gasteiger partial charge in [0.15, 0.2) is 0 Å². The summed E-state index contributed by atoms with van der Waals surface area (Å²) in [6.45, 7) is 8.47. The summed E-state index contributed by atoms with van der Waals surface area (Å²) in [5.74, 6) is 0.0104. The first-order valence-corrected chi connectivity index (χ1v) is 11.9. The van der Waals surface area contributed by atoms with Crippen LogP contribution in [-0.2, 0) is 14.0 Å². The van der Waals surface area contributed by atoms with Crippen molar-refractivity contribution in [3.8, 4) is 11.1 Å². The standard InChI is InChI=1S/C27H30BN3O4/c1-26(2)27(3,4)35-28(34-26)18(15-19-13-14-30-31-19)16-29-25(32)33-17-24-22-11-7-5-9-20(22)21-10-6-8-12-23(21)24/h5-15,24H,16-17H2,1-4H3,(H,29,32)(H,30,31). The molecular weight excluding hydrogens is 441 g/mol. The summed E-state index contributed by atoms with van der Waals surface area (Å²) < 4.78 is 18.1. The van der Waals surface area contributed by atoms with Crippen LogP contribution in [0, 0.1) is 0 Å². The van der Waals surface area contributed by atoms with Crippen LogP contribution < -0.4 is 5.32 Å². The SMILES string of the molecule is CC1(C)OB(C(=Cc2ccn[nH]2)CNC(=O)OCC2c3ccccc3-c3ccccc32)OC1(C)C. The van der Waals surface area contributed by atoms with Gasteiger partial charge in [-0.05, 0) is 67.6 Å². The van der Waals surface area contributed by atoms with E-state index in [1.807, 2.05) is 64.1 Å². The number of carbonyl (C=O) groups excluding carboxylic acids is 1. The van der Waals surface area contributed by atoms with E-state index in [1.54, 1.807) is 6.20 Å². The van der Waals surface area contributed by atoms with Gasteiger partial charge >= 0.3 is 13.2 Å². The Labute approximate surface area is 206 Å². The van der Waals surface area contributed by atoms with E-state index >= 15 is 0 Å². The Morgan fingerprint density at radius 2 is 1.63 bits per heavy atom. The molecule has 1 aromatic heterocycles. The summed E-state index contributed by atoms with van der Waals surface area (Å²) in [5.41, 5.74) is 5.33. The monoisotopic (exact) mass is 471 g/mol. The molecule has 2 aromatic carbocycles. The number of alkyl carbamates (subject to hydrolysis) is 1. The Hall–Kier alpha value is -3.36. The van der Waals surface area contributed by atoms with E-state index in [4.69, 9.17) is 14.0 Å². The Morgan fingerprint density at radius 1 is 1.03 bits per heavy atom. The lowest BCUT2D eigenvalue weighted by atomic mass is 9.77. The molecule has 0 bridgehead atoms. The van der Waals surface area contributed by atoms with Crippen LogP contribution in [0.5, 0.6) is 0 Å². The number of ether oxygens (including phenoxy) is 1. The number of fused-ring (bicyclic) bond motifs is 3. The van der Waals surface area contributed by atoms with Crippen molar-refractivity contribution >= 4 is 19.3 Å². The summed E-state index contributed by atoms with van der Waals surface area (Å²) >= 11 is 0. The predicted molar refractivity (Wildman–Crippen MR) is 136 cm³/mol. The summed E-state index contributed by atoms with van der Waals surface area (Å²) in [7, 11) is -0.600. The molecule has 7 nitrogen and oxygen atoms in total. The van der Waals surface area contributed by atoms with Gasteiger partial charge in [0.2, 0.25) is 0 Å². The Bertz CT molecular complexity index is 1190. The Morgan fingerprint density at radius 3 is 2.20 bits per heavy atom. The summed E-state index contributed by atoms with van der Waals surface area (Å²) in [6.07, 6.45) is 3.07. The van der Waals surface area contributed by atoms with E-state index in [0.717, 1.165) is 11.2 Å². The average Bonchev–Trinajstić information content (AvgIpc) is 3.50. The number of carbonyl (C=O) groups is 1. The molecule has 180 valence electrons. The summed E-state index contributed by atoms with van der Waals surface area (Å²) in [5, 5.41) is 9.80. The second-order valence-electron chi connectivity index (χ2n) is 10.00. The van der Waals surface area contributed by atoms with Crippen molar-refractivity contribution in [1.29, 1.82) is 0 Å². The third kappa shape index (κ3) is 4.51. The average molecular weight is 471 g/mol. The maximum absolute atomic E-state index is 12.7. The smallest absolute Gasteiger partial charge is 0.449 e. The molecule has 1 fully saturated rings. The van der Waals surface area contributed by atoms with Gasteiger partial charge < -0.3 is 19.4 Å². The first kappa shape index (κ1) is 23.4. The molecule has 1 aliphatic carbocycles. The van der Waals surface area contributed by atoms with Crippen LogP contribution in [0.15, 0.2) is 66.3 Å². The number of amides is 1. The lowest BCUT2D eigenvalue weighted by Crippen LogP contribution is -2.41. The van der Waals surface area contributed by atoms with Crippen LogP contribution >= 0.6 is 0 Å². The van der Waals surface area contributed by atoms with Crippen LogP contribution in [0.25, 0.3) is 17.2 Å². The zero-order valence-electron chi connectivity index (χ0n) is 20.5. The third-order valence-corrected chi connectivity index (χ3v) is 7.20. The largest absolute Gasteiger partial charge is 0.492 e. The van der Waals surface area contributed by atoms with Crippen molar-refractivity contribution in [3.05, 3.63) is 83.1 Å². The minimum Gasteiger partial charge on any atom is -0.449 e. The maximum atomic E-state index is 12.7. The van der Waals surface area contributed by atoms with Crippen molar-refractivity contribution in [3.63, 3.8) is 0 Å². The number of nitrogens with one attached hydrogen (secondary N) is 2. The highest BCUT2D eigenvalue weighted by molar-refractivity contribution is 6.56. The number of hydrogen-bond acceptors (Lipinski definition) is 5. The van der Waals surface area contributed by atoms with Gasteiger partial charge in [0.05, 0.1) is 16.9 Å². The zero-order valence-corrected chi connectivity index (χ0v) is 20.5. The molecule has 1 aliphatic heterocycles. The number of rotatable bonds is 6. The zero-order chi connectivity index (χ0) is 24.6. The van der Waals surface area contributed by atoms with Gasteiger partial charge in [-0.15, -0.1) is 0 Å². The number of benzene rings is 2. The van der Waals surface area contributed by atoms with E-state index in [0.29, 0.717) is 0 Å². The van der Waals surface area contributed by atoms with Gasteiger partial charge in [0.25, 0.3) is 0 Å². The van der Waals surface area contributed by atoms with Crippen molar-refractivity contribution in [2.24, 2.45) is 0 Å². The first-order chi connectivity index (χ1) is 16.7. The molecule has 0 radical (unpaired) electrons. The molecule has 3 aromatic rings. The van der Waals surface area contributed by atoms with Gasteiger partial charge in [-0.25, -0.2) is 4.79 Å². The molecule has 0 unspecified atom stereocenters. The minimum absolute atomic E-state index is 0.0104. The van der Waals surface area contributed by atoms with E-state index in [2.05, 4.69) is 39.8 Å². The van der Waals surface area contributed by atoms with Crippen LogP contribution in [0.2, 0.25) is 0 Å². The van der Waals surface area contributed by atoms with Crippen molar-refractivity contribution in [2.45, 2.75) is 44.8 Å². The van der Waals surface area contributed by atoms with Gasteiger partial charge in [-0.3, -0.25) is 5.10 Å². The normalized spacial score (nSPS) is 18.3. The Balaban J connectivity index is 1.26. The highest BCUT2D eigenvalue weighted by atomic mass is 16.7. The molecule has 0 spiro atoms. The van der Waals surface area contributed by atoms with Gasteiger partial charge in [-0.1, -0.05) is 48.5 Å². The van der Waals surface area contributed by atoms with E-state index in [9.17, 15) is 4.79 Å². The molecule has 1 saturated heterocycles. The fourth-order valence-electron chi connectivity index (χ4n) is 4.57. The fraction of sp³-hybridized carbons (Fsp3) is 0.333. The summed E-state index contributed by atoms with van der Waals surface area (Å²) in [4.78, 5) is 12.7. The van der Waals surface area contributed by atoms with E-state index in [1.165, 1.54) is 22.3 Å². The molecular formula is C27H30BN3O4. The lowest BCUT2D eigenvalue weighted by molar-refractivity contribution is 0.00578. The highest BCUT2D eigenvalue weighted by Crippen LogP contribution is 2.44.